The first-order chi connectivity index (χ1) is 14.5. The number of amides is 1. The molecule has 3 aromatic carbocycles. The minimum absolute atomic E-state index is 0.208. The molecule has 0 bridgehead atoms. The molecule has 0 radical (unpaired) electrons. The lowest BCUT2D eigenvalue weighted by atomic mass is 10.00. The van der Waals surface area contributed by atoms with Crippen molar-refractivity contribution >= 4 is 33.4 Å². The first kappa shape index (κ1) is 19.3. The van der Waals surface area contributed by atoms with Gasteiger partial charge in [-0.3, -0.25) is 9.59 Å². The Morgan fingerprint density at radius 3 is 2.33 bits per heavy atom. The Morgan fingerprint density at radius 1 is 0.967 bits per heavy atom. The average molecular weight is 401 g/mol. The highest BCUT2D eigenvalue weighted by atomic mass is 16.4. The largest absolute Gasteiger partial charge is 0.476 e. The first-order valence-corrected chi connectivity index (χ1v) is 9.46. The highest BCUT2D eigenvalue weighted by molar-refractivity contribution is 6.01. The summed E-state index contributed by atoms with van der Waals surface area (Å²) < 4.78 is 0.900. The second-order valence-electron chi connectivity index (χ2n) is 7.02. The van der Waals surface area contributed by atoms with Gasteiger partial charge in [0.1, 0.15) is 6.54 Å². The monoisotopic (exact) mass is 401 g/mol. The van der Waals surface area contributed by atoms with Gasteiger partial charge in [0.25, 0.3) is 5.56 Å². The molecule has 7 heteroatoms. The fraction of sp³-hybridized carbons (Fsp3) is 0.130. The molecule has 30 heavy (non-hydrogen) atoms. The van der Waals surface area contributed by atoms with Gasteiger partial charge in [0.05, 0.1) is 11.4 Å². The Hall–Kier alpha value is -4.00. The van der Waals surface area contributed by atoms with Crippen molar-refractivity contribution in [2.24, 2.45) is 0 Å². The Kier molecular flexibility index (Phi) is 5.02. The molecule has 1 amide bonds. The topological polar surface area (TPSA) is 101 Å². The van der Waals surface area contributed by atoms with Crippen molar-refractivity contribution in [2.45, 2.75) is 19.5 Å². The molecule has 7 nitrogen and oxygen atoms in total. The van der Waals surface area contributed by atoms with E-state index in [9.17, 15) is 19.5 Å². The van der Waals surface area contributed by atoms with E-state index in [4.69, 9.17) is 0 Å². The van der Waals surface area contributed by atoms with Crippen LogP contribution in [0.2, 0.25) is 0 Å². The van der Waals surface area contributed by atoms with E-state index in [2.05, 4.69) is 10.4 Å². The number of nitrogens with one attached hydrogen (secondary N) is 1. The predicted molar refractivity (Wildman–Crippen MR) is 113 cm³/mol. The van der Waals surface area contributed by atoms with Crippen LogP contribution >= 0.6 is 0 Å². The number of carboxylic acids is 1. The Bertz CT molecular complexity index is 1340. The Balaban J connectivity index is 1.63. The van der Waals surface area contributed by atoms with Crippen LogP contribution in [-0.2, 0) is 11.3 Å². The SMILES string of the molecule is CC(NC(=O)Cn1nc(C(=O)O)c2ccccc2c1=O)c1cccc2ccccc12. The zero-order valence-corrected chi connectivity index (χ0v) is 16.2. The van der Waals surface area contributed by atoms with Crippen molar-refractivity contribution in [1.82, 2.24) is 15.1 Å². The summed E-state index contributed by atoms with van der Waals surface area (Å²) in [4.78, 5) is 36.9. The van der Waals surface area contributed by atoms with Crippen molar-refractivity contribution in [3.8, 4) is 0 Å². The Labute approximate surface area is 171 Å². The van der Waals surface area contributed by atoms with Crippen LogP contribution in [0.1, 0.15) is 29.0 Å². The van der Waals surface area contributed by atoms with Gasteiger partial charge in [0.2, 0.25) is 5.91 Å². The fourth-order valence-electron chi connectivity index (χ4n) is 3.63. The summed E-state index contributed by atoms with van der Waals surface area (Å²) in [5.74, 6) is -1.69. The number of carbonyl (C=O) groups is 2. The van der Waals surface area contributed by atoms with Crippen molar-refractivity contribution in [2.75, 3.05) is 0 Å². The van der Waals surface area contributed by atoms with E-state index in [1.165, 1.54) is 12.1 Å². The van der Waals surface area contributed by atoms with Crippen LogP contribution < -0.4 is 10.9 Å². The van der Waals surface area contributed by atoms with Gasteiger partial charge in [0.15, 0.2) is 5.69 Å². The third kappa shape index (κ3) is 3.53. The number of aromatic carboxylic acids is 1. The molecule has 0 saturated heterocycles. The zero-order chi connectivity index (χ0) is 21.3. The summed E-state index contributed by atoms with van der Waals surface area (Å²) in [6, 6.07) is 19.8. The van der Waals surface area contributed by atoms with E-state index in [0.29, 0.717) is 0 Å². The molecule has 4 aromatic rings. The third-order valence-electron chi connectivity index (χ3n) is 5.03. The van der Waals surface area contributed by atoms with E-state index >= 15 is 0 Å². The lowest BCUT2D eigenvalue weighted by molar-refractivity contribution is -0.122. The molecule has 0 aliphatic rings. The highest BCUT2D eigenvalue weighted by Crippen LogP contribution is 2.24. The molecule has 4 rings (SSSR count). The van der Waals surface area contributed by atoms with Crippen LogP contribution in [-0.4, -0.2) is 26.8 Å². The lowest BCUT2D eigenvalue weighted by Crippen LogP contribution is -2.36. The predicted octanol–water partition coefficient (Wildman–Crippen LogP) is 3.13. The van der Waals surface area contributed by atoms with E-state index in [0.717, 1.165) is 21.0 Å². The molecule has 0 saturated carbocycles. The summed E-state index contributed by atoms with van der Waals surface area (Å²) in [7, 11) is 0. The second-order valence-corrected chi connectivity index (χ2v) is 7.02. The van der Waals surface area contributed by atoms with Crippen LogP contribution in [0.15, 0.2) is 71.5 Å². The quantitative estimate of drug-likeness (QED) is 0.535. The van der Waals surface area contributed by atoms with Crippen LogP contribution in [0.4, 0.5) is 0 Å². The molecular formula is C23H19N3O4. The van der Waals surface area contributed by atoms with E-state index in [1.54, 1.807) is 12.1 Å². The number of carbonyl (C=O) groups excluding carboxylic acids is 1. The summed E-state index contributed by atoms with van der Waals surface area (Å²) in [5, 5.41) is 18.8. The molecule has 0 fully saturated rings. The van der Waals surface area contributed by atoms with Gasteiger partial charge in [-0.25, -0.2) is 9.48 Å². The van der Waals surface area contributed by atoms with Gasteiger partial charge < -0.3 is 10.4 Å². The Morgan fingerprint density at radius 2 is 1.60 bits per heavy atom. The number of fused-ring (bicyclic) bond motifs is 2. The van der Waals surface area contributed by atoms with Gasteiger partial charge >= 0.3 is 5.97 Å². The molecule has 0 spiro atoms. The van der Waals surface area contributed by atoms with E-state index < -0.39 is 17.4 Å². The molecule has 1 atom stereocenters. The second kappa shape index (κ2) is 7.79. The number of benzene rings is 3. The van der Waals surface area contributed by atoms with E-state index in [1.807, 2.05) is 49.4 Å². The number of hydrogen-bond donors (Lipinski definition) is 2. The fourth-order valence-corrected chi connectivity index (χ4v) is 3.63. The smallest absolute Gasteiger partial charge is 0.357 e. The number of nitrogens with zero attached hydrogens (tertiary/aromatic N) is 2. The van der Waals surface area contributed by atoms with Gasteiger partial charge in [-0.1, -0.05) is 60.7 Å². The minimum Gasteiger partial charge on any atom is -0.476 e. The maximum absolute atomic E-state index is 12.7. The molecule has 2 N–H and O–H groups in total. The molecule has 1 aromatic heterocycles. The van der Waals surface area contributed by atoms with Crippen LogP contribution in [0.5, 0.6) is 0 Å². The summed E-state index contributed by atoms with van der Waals surface area (Å²) in [5.41, 5.74) is 0.176. The standard InChI is InChI=1S/C23H19N3O4/c1-14(16-12-6-8-15-7-2-3-9-17(15)16)24-20(27)13-26-22(28)19-11-5-4-10-18(19)21(25-26)23(29)30/h2-12,14H,13H2,1H3,(H,24,27)(H,29,30). The maximum Gasteiger partial charge on any atom is 0.357 e. The molecule has 150 valence electrons. The maximum atomic E-state index is 12.7. The molecule has 0 aliphatic carbocycles. The number of hydrogen-bond acceptors (Lipinski definition) is 4. The normalized spacial score (nSPS) is 12.0. The summed E-state index contributed by atoms with van der Waals surface area (Å²) in [6.07, 6.45) is 0. The van der Waals surface area contributed by atoms with Crippen LogP contribution in [0, 0.1) is 0 Å². The van der Waals surface area contributed by atoms with Crippen molar-refractivity contribution in [3.05, 3.63) is 88.3 Å². The van der Waals surface area contributed by atoms with Gasteiger partial charge in [-0.2, -0.15) is 5.10 Å². The van der Waals surface area contributed by atoms with Crippen molar-refractivity contribution < 1.29 is 14.7 Å². The highest BCUT2D eigenvalue weighted by Gasteiger charge is 2.18. The third-order valence-corrected chi connectivity index (χ3v) is 5.03. The average Bonchev–Trinajstić information content (AvgIpc) is 2.75. The lowest BCUT2D eigenvalue weighted by Gasteiger charge is -2.17. The van der Waals surface area contributed by atoms with Gasteiger partial charge in [-0.15, -0.1) is 0 Å². The number of rotatable bonds is 5. The molecule has 1 unspecified atom stereocenters. The van der Waals surface area contributed by atoms with Gasteiger partial charge in [-0.05, 0) is 29.3 Å². The summed E-state index contributed by atoms with van der Waals surface area (Å²) in [6.45, 7) is 1.48. The van der Waals surface area contributed by atoms with Crippen molar-refractivity contribution in [3.63, 3.8) is 0 Å². The molecular weight excluding hydrogens is 382 g/mol. The van der Waals surface area contributed by atoms with Crippen LogP contribution in [0.3, 0.4) is 0 Å². The number of carboxylic acid groups (broad SMARTS) is 1. The first-order valence-electron chi connectivity index (χ1n) is 9.46. The minimum atomic E-state index is -1.26. The zero-order valence-electron chi connectivity index (χ0n) is 16.2. The molecule has 1 heterocycles. The number of aromatic nitrogens is 2. The molecule has 0 aliphatic heterocycles. The van der Waals surface area contributed by atoms with Crippen LogP contribution in [0.25, 0.3) is 21.5 Å². The van der Waals surface area contributed by atoms with E-state index in [-0.39, 0.29) is 29.1 Å². The summed E-state index contributed by atoms with van der Waals surface area (Å²) >= 11 is 0. The van der Waals surface area contributed by atoms with Gasteiger partial charge in [0, 0.05) is 5.39 Å². The van der Waals surface area contributed by atoms with Crippen molar-refractivity contribution in [1.29, 1.82) is 0 Å².